The van der Waals surface area contributed by atoms with Crippen LogP contribution in [0.4, 0.5) is 0 Å². The average molecular weight is 427 g/mol. The molecule has 0 saturated heterocycles. The van der Waals surface area contributed by atoms with Gasteiger partial charge in [0.25, 0.3) is 5.91 Å². The van der Waals surface area contributed by atoms with Gasteiger partial charge >= 0.3 is 5.76 Å². The number of hydrogen-bond donors (Lipinski definition) is 2. The molecule has 2 N–H and O–H groups in total. The molecule has 164 valence electrons. The number of likely N-dealkylation sites (N-methyl/N-ethyl adjacent to an activating group) is 1. The number of nitrogens with one attached hydrogen (secondary N) is 2. The summed E-state index contributed by atoms with van der Waals surface area (Å²) < 4.78 is 17.4. The lowest BCUT2D eigenvalue weighted by Gasteiger charge is -2.12. The van der Waals surface area contributed by atoms with Gasteiger partial charge in [0.2, 0.25) is 5.91 Å². The predicted octanol–water partition coefficient (Wildman–Crippen LogP) is 1.82. The van der Waals surface area contributed by atoms with Gasteiger partial charge in [-0.3, -0.25) is 14.2 Å². The van der Waals surface area contributed by atoms with Gasteiger partial charge < -0.3 is 24.5 Å². The SMILES string of the molecule is CCNC(=O)COc1ccc(CNC(=O)CCn2c(=O)oc3ccccc32)cc1OC. The minimum absolute atomic E-state index is 0.109. The van der Waals surface area contributed by atoms with Crippen LogP contribution in [-0.2, 0) is 22.7 Å². The number of ether oxygens (including phenoxy) is 2. The van der Waals surface area contributed by atoms with E-state index in [4.69, 9.17) is 13.9 Å². The Morgan fingerprint density at radius 3 is 2.65 bits per heavy atom. The number of oxazole rings is 1. The number of carbonyl (C=O) groups excluding carboxylic acids is 2. The van der Waals surface area contributed by atoms with Crippen LogP contribution < -0.4 is 25.9 Å². The summed E-state index contributed by atoms with van der Waals surface area (Å²) in [6.07, 6.45) is 0.133. The van der Waals surface area contributed by atoms with Gasteiger partial charge in [-0.05, 0) is 36.8 Å². The fraction of sp³-hybridized carbons (Fsp3) is 0.318. The Bertz CT molecular complexity index is 1120. The first-order chi connectivity index (χ1) is 15.0. The van der Waals surface area contributed by atoms with Crippen LogP contribution in [0.5, 0.6) is 11.5 Å². The van der Waals surface area contributed by atoms with Gasteiger partial charge in [0.1, 0.15) is 0 Å². The van der Waals surface area contributed by atoms with Crippen LogP contribution in [0.3, 0.4) is 0 Å². The number of nitrogens with zero attached hydrogens (tertiary/aromatic N) is 1. The number of aryl methyl sites for hydroxylation is 1. The van der Waals surface area contributed by atoms with Crippen molar-refractivity contribution in [1.29, 1.82) is 0 Å². The molecule has 0 spiro atoms. The summed E-state index contributed by atoms with van der Waals surface area (Å²) in [7, 11) is 1.50. The minimum atomic E-state index is -0.484. The molecule has 0 atom stereocenters. The zero-order chi connectivity index (χ0) is 22.2. The molecule has 0 bridgehead atoms. The Balaban J connectivity index is 1.54. The highest BCUT2D eigenvalue weighted by molar-refractivity contribution is 5.78. The van der Waals surface area contributed by atoms with E-state index in [1.165, 1.54) is 11.7 Å². The summed E-state index contributed by atoms with van der Waals surface area (Å²) in [5.41, 5.74) is 1.96. The van der Waals surface area contributed by atoms with Gasteiger partial charge in [0.15, 0.2) is 23.7 Å². The van der Waals surface area contributed by atoms with Crippen LogP contribution >= 0.6 is 0 Å². The molecular formula is C22H25N3O6. The van der Waals surface area contributed by atoms with Crippen molar-refractivity contribution in [3.8, 4) is 11.5 Å². The third-order valence-corrected chi connectivity index (χ3v) is 4.59. The molecule has 3 rings (SSSR count). The normalized spacial score (nSPS) is 10.6. The number of methoxy groups -OCH3 is 1. The summed E-state index contributed by atoms with van der Waals surface area (Å²) in [4.78, 5) is 35.8. The van der Waals surface area contributed by atoms with Crippen molar-refractivity contribution < 1.29 is 23.5 Å². The molecule has 9 nitrogen and oxygen atoms in total. The van der Waals surface area contributed by atoms with E-state index in [0.717, 1.165) is 5.56 Å². The van der Waals surface area contributed by atoms with Gasteiger partial charge in [-0.15, -0.1) is 0 Å². The fourth-order valence-electron chi connectivity index (χ4n) is 3.06. The van der Waals surface area contributed by atoms with Crippen LogP contribution in [0.1, 0.15) is 18.9 Å². The lowest BCUT2D eigenvalue weighted by Crippen LogP contribution is -2.28. The maximum absolute atomic E-state index is 12.3. The number of carbonyl (C=O) groups is 2. The first kappa shape index (κ1) is 21.9. The second kappa shape index (κ2) is 10.3. The molecular weight excluding hydrogens is 402 g/mol. The topological polar surface area (TPSA) is 112 Å². The highest BCUT2D eigenvalue weighted by Crippen LogP contribution is 2.28. The molecule has 31 heavy (non-hydrogen) atoms. The van der Waals surface area contributed by atoms with E-state index >= 15 is 0 Å². The molecule has 0 unspecified atom stereocenters. The fourth-order valence-corrected chi connectivity index (χ4v) is 3.06. The van der Waals surface area contributed by atoms with Gasteiger partial charge in [-0.25, -0.2) is 4.79 Å². The Morgan fingerprint density at radius 1 is 1.06 bits per heavy atom. The minimum Gasteiger partial charge on any atom is -0.493 e. The zero-order valence-electron chi connectivity index (χ0n) is 17.5. The van der Waals surface area contributed by atoms with Gasteiger partial charge in [0, 0.05) is 26.1 Å². The summed E-state index contributed by atoms with van der Waals surface area (Å²) in [5.74, 6) is 0.00237. The largest absolute Gasteiger partial charge is 0.493 e. The molecule has 0 aliphatic heterocycles. The number of benzene rings is 2. The molecule has 0 saturated carbocycles. The molecule has 1 aromatic heterocycles. The molecule has 3 aromatic rings. The molecule has 2 aromatic carbocycles. The van der Waals surface area contributed by atoms with Crippen LogP contribution in [0, 0.1) is 0 Å². The zero-order valence-corrected chi connectivity index (χ0v) is 17.5. The second-order valence-electron chi connectivity index (χ2n) is 6.74. The van der Waals surface area contributed by atoms with E-state index in [-0.39, 0.29) is 37.9 Å². The highest BCUT2D eigenvalue weighted by Gasteiger charge is 2.12. The van der Waals surface area contributed by atoms with E-state index < -0.39 is 5.76 Å². The van der Waals surface area contributed by atoms with Gasteiger partial charge in [0.05, 0.1) is 12.6 Å². The molecule has 0 fully saturated rings. The van der Waals surface area contributed by atoms with Crippen molar-refractivity contribution in [1.82, 2.24) is 15.2 Å². The average Bonchev–Trinajstić information content (AvgIpc) is 3.10. The van der Waals surface area contributed by atoms with Crippen LogP contribution in [0.25, 0.3) is 11.1 Å². The number of para-hydroxylation sites is 2. The predicted molar refractivity (Wildman–Crippen MR) is 114 cm³/mol. The number of aromatic nitrogens is 1. The Morgan fingerprint density at radius 2 is 1.87 bits per heavy atom. The maximum atomic E-state index is 12.3. The van der Waals surface area contributed by atoms with E-state index in [0.29, 0.717) is 29.1 Å². The first-order valence-corrected chi connectivity index (χ1v) is 9.93. The van der Waals surface area contributed by atoms with Gasteiger partial charge in [-0.1, -0.05) is 18.2 Å². The Labute approximate surface area is 178 Å². The summed E-state index contributed by atoms with van der Waals surface area (Å²) in [6.45, 7) is 2.76. The number of hydrogen-bond acceptors (Lipinski definition) is 6. The van der Waals surface area contributed by atoms with Crippen LogP contribution in [0.15, 0.2) is 51.7 Å². The van der Waals surface area contributed by atoms with Crippen LogP contribution in [-0.4, -0.2) is 36.6 Å². The highest BCUT2D eigenvalue weighted by atomic mass is 16.5. The Kier molecular flexibility index (Phi) is 7.31. The molecule has 2 amide bonds. The van der Waals surface area contributed by atoms with Crippen molar-refractivity contribution >= 4 is 22.9 Å². The quantitative estimate of drug-likeness (QED) is 0.511. The standard InChI is InChI=1S/C22H25N3O6/c1-3-23-21(27)14-30-18-9-8-15(12-19(18)29-2)13-24-20(26)10-11-25-16-6-4-5-7-17(16)31-22(25)28/h4-9,12H,3,10-11,13-14H2,1-2H3,(H,23,27)(H,24,26). The van der Waals surface area contributed by atoms with E-state index in [9.17, 15) is 14.4 Å². The summed E-state index contributed by atoms with van der Waals surface area (Å²) in [6, 6.07) is 12.3. The molecule has 0 aliphatic rings. The van der Waals surface area contributed by atoms with Crippen molar-refractivity contribution in [3.05, 3.63) is 58.6 Å². The van der Waals surface area contributed by atoms with Crippen molar-refractivity contribution in [3.63, 3.8) is 0 Å². The molecule has 9 heteroatoms. The van der Waals surface area contributed by atoms with Crippen LogP contribution in [0.2, 0.25) is 0 Å². The smallest absolute Gasteiger partial charge is 0.419 e. The third kappa shape index (κ3) is 5.65. The van der Waals surface area contributed by atoms with Crippen molar-refractivity contribution in [2.75, 3.05) is 20.3 Å². The lowest BCUT2D eigenvalue weighted by molar-refractivity contribution is -0.123. The monoisotopic (exact) mass is 427 g/mol. The van der Waals surface area contributed by atoms with E-state index in [1.807, 2.05) is 13.0 Å². The van der Waals surface area contributed by atoms with Gasteiger partial charge in [-0.2, -0.15) is 0 Å². The van der Waals surface area contributed by atoms with Crippen molar-refractivity contribution in [2.45, 2.75) is 26.4 Å². The summed E-state index contributed by atoms with van der Waals surface area (Å²) >= 11 is 0. The molecule has 0 radical (unpaired) electrons. The third-order valence-electron chi connectivity index (χ3n) is 4.59. The van der Waals surface area contributed by atoms with E-state index in [1.54, 1.807) is 36.4 Å². The number of fused-ring (bicyclic) bond motifs is 1. The van der Waals surface area contributed by atoms with Crippen molar-refractivity contribution in [2.24, 2.45) is 0 Å². The molecule has 1 heterocycles. The lowest BCUT2D eigenvalue weighted by atomic mass is 10.2. The maximum Gasteiger partial charge on any atom is 0.419 e. The Hall–Kier alpha value is -3.75. The first-order valence-electron chi connectivity index (χ1n) is 9.93. The number of amides is 2. The molecule has 0 aliphatic carbocycles. The number of rotatable bonds is 10. The van der Waals surface area contributed by atoms with E-state index in [2.05, 4.69) is 10.6 Å². The second-order valence-corrected chi connectivity index (χ2v) is 6.74. The summed E-state index contributed by atoms with van der Waals surface area (Å²) in [5, 5.41) is 5.47.